The summed E-state index contributed by atoms with van der Waals surface area (Å²) < 4.78 is 30.9. The van der Waals surface area contributed by atoms with Gasteiger partial charge in [-0.15, -0.1) is 0 Å². The molecule has 0 bridgehead atoms. The second-order valence-electron chi connectivity index (χ2n) is 3.93. The normalized spacial score (nSPS) is 28.1. The van der Waals surface area contributed by atoms with Crippen LogP contribution in [0.3, 0.4) is 0 Å². The van der Waals surface area contributed by atoms with Crippen molar-refractivity contribution in [2.45, 2.75) is 25.3 Å². The summed E-state index contributed by atoms with van der Waals surface area (Å²) in [5.41, 5.74) is 4.84. The topological polar surface area (TPSA) is 81.4 Å². The fraction of sp³-hybridized carbons (Fsp3) is 1.00. The van der Waals surface area contributed by atoms with Crippen molar-refractivity contribution in [2.24, 2.45) is 5.73 Å². The van der Waals surface area contributed by atoms with Crippen LogP contribution in [-0.4, -0.2) is 39.5 Å². The van der Waals surface area contributed by atoms with E-state index < -0.39 is 15.6 Å². The maximum Gasteiger partial charge on any atom is 0.212 e. The number of ether oxygens (including phenoxy) is 1. The Balaban J connectivity index is 2.49. The molecule has 6 heteroatoms. The van der Waals surface area contributed by atoms with Gasteiger partial charge in [-0.2, -0.15) is 0 Å². The monoisotopic (exact) mass is 222 g/mol. The summed E-state index contributed by atoms with van der Waals surface area (Å²) in [7, 11) is -3.20. The van der Waals surface area contributed by atoms with Crippen molar-refractivity contribution in [1.29, 1.82) is 0 Å². The molecule has 0 spiro atoms. The van der Waals surface area contributed by atoms with Gasteiger partial charge in [0, 0.05) is 6.61 Å². The van der Waals surface area contributed by atoms with Gasteiger partial charge in [0.2, 0.25) is 10.0 Å². The van der Waals surface area contributed by atoms with Crippen LogP contribution >= 0.6 is 0 Å². The Kier molecular flexibility index (Phi) is 3.88. The van der Waals surface area contributed by atoms with E-state index >= 15 is 0 Å². The van der Waals surface area contributed by atoms with Gasteiger partial charge in [-0.1, -0.05) is 0 Å². The molecule has 0 saturated carbocycles. The van der Waals surface area contributed by atoms with Crippen LogP contribution in [0.15, 0.2) is 0 Å². The van der Waals surface area contributed by atoms with Gasteiger partial charge >= 0.3 is 0 Å². The smallest absolute Gasteiger partial charge is 0.212 e. The molecule has 1 aliphatic heterocycles. The number of hydrogen-bond donors (Lipinski definition) is 2. The van der Waals surface area contributed by atoms with Crippen LogP contribution in [0.2, 0.25) is 0 Å². The average molecular weight is 222 g/mol. The van der Waals surface area contributed by atoms with Crippen LogP contribution in [0.5, 0.6) is 0 Å². The molecule has 14 heavy (non-hydrogen) atoms. The quantitative estimate of drug-likeness (QED) is 0.653. The number of rotatable bonds is 5. The zero-order valence-corrected chi connectivity index (χ0v) is 9.27. The maximum atomic E-state index is 11.5. The lowest BCUT2D eigenvalue weighted by Crippen LogP contribution is -2.47. The Bertz CT molecular complexity index is 270. The number of nitrogens with one attached hydrogen (secondary N) is 1. The molecule has 5 nitrogen and oxygen atoms in total. The third-order valence-corrected chi connectivity index (χ3v) is 3.87. The van der Waals surface area contributed by atoms with E-state index in [1.54, 1.807) is 0 Å². The van der Waals surface area contributed by atoms with Crippen LogP contribution in [0.1, 0.15) is 19.8 Å². The standard InChI is InChI=1S/C8H18N2O3S/c1-8(3-5-13-7-8)10-14(11,12)6-2-4-9/h10H,2-7,9H2,1H3. The molecule has 3 N–H and O–H groups in total. The van der Waals surface area contributed by atoms with Crippen molar-refractivity contribution in [3.8, 4) is 0 Å². The Morgan fingerprint density at radius 3 is 2.79 bits per heavy atom. The highest BCUT2D eigenvalue weighted by atomic mass is 32.2. The average Bonchev–Trinajstić information content (AvgIpc) is 2.47. The summed E-state index contributed by atoms with van der Waals surface area (Å²) in [5, 5.41) is 0. The van der Waals surface area contributed by atoms with E-state index in [0.717, 1.165) is 6.42 Å². The van der Waals surface area contributed by atoms with Crippen molar-refractivity contribution in [3.05, 3.63) is 0 Å². The van der Waals surface area contributed by atoms with E-state index in [-0.39, 0.29) is 5.75 Å². The Morgan fingerprint density at radius 1 is 1.57 bits per heavy atom. The molecule has 0 amide bonds. The minimum absolute atomic E-state index is 0.0963. The molecule has 1 saturated heterocycles. The molecule has 1 aliphatic rings. The van der Waals surface area contributed by atoms with Gasteiger partial charge in [0.15, 0.2) is 0 Å². The van der Waals surface area contributed by atoms with Crippen molar-refractivity contribution >= 4 is 10.0 Å². The molecule has 1 heterocycles. The second-order valence-corrected chi connectivity index (χ2v) is 5.77. The third-order valence-electron chi connectivity index (χ3n) is 2.24. The van der Waals surface area contributed by atoms with E-state index in [4.69, 9.17) is 10.5 Å². The van der Waals surface area contributed by atoms with Crippen molar-refractivity contribution in [1.82, 2.24) is 4.72 Å². The third kappa shape index (κ3) is 3.53. The van der Waals surface area contributed by atoms with Crippen molar-refractivity contribution in [3.63, 3.8) is 0 Å². The number of sulfonamides is 1. The van der Waals surface area contributed by atoms with Gasteiger partial charge < -0.3 is 10.5 Å². The van der Waals surface area contributed by atoms with Gasteiger partial charge in [0.25, 0.3) is 0 Å². The van der Waals surface area contributed by atoms with E-state index in [9.17, 15) is 8.42 Å². The van der Waals surface area contributed by atoms with Crippen molar-refractivity contribution in [2.75, 3.05) is 25.5 Å². The lowest BCUT2D eigenvalue weighted by atomic mass is 10.0. The lowest BCUT2D eigenvalue weighted by molar-refractivity contribution is 0.178. The molecule has 0 aliphatic carbocycles. The molecule has 0 radical (unpaired) electrons. The lowest BCUT2D eigenvalue weighted by Gasteiger charge is -2.23. The first-order chi connectivity index (χ1) is 6.47. The molecular weight excluding hydrogens is 204 g/mol. The van der Waals surface area contributed by atoms with Crippen LogP contribution in [-0.2, 0) is 14.8 Å². The first-order valence-electron chi connectivity index (χ1n) is 4.77. The molecule has 1 rings (SSSR count). The van der Waals surface area contributed by atoms with Gasteiger partial charge in [0.1, 0.15) is 0 Å². The van der Waals surface area contributed by atoms with Crippen LogP contribution < -0.4 is 10.5 Å². The van der Waals surface area contributed by atoms with Gasteiger partial charge in [-0.05, 0) is 26.3 Å². The Labute approximate surface area is 85.1 Å². The van der Waals surface area contributed by atoms with E-state index in [2.05, 4.69) is 4.72 Å². The molecule has 0 aromatic rings. The number of hydrogen-bond acceptors (Lipinski definition) is 4. The summed E-state index contributed by atoms with van der Waals surface area (Å²) in [6.45, 7) is 3.33. The molecule has 84 valence electrons. The largest absolute Gasteiger partial charge is 0.379 e. The molecule has 1 atom stereocenters. The summed E-state index contributed by atoms with van der Waals surface area (Å²) in [6, 6.07) is 0. The first kappa shape index (κ1) is 11.9. The summed E-state index contributed by atoms with van der Waals surface area (Å²) in [5.74, 6) is 0.0963. The van der Waals surface area contributed by atoms with Gasteiger partial charge in [0.05, 0.1) is 17.9 Å². The highest BCUT2D eigenvalue weighted by molar-refractivity contribution is 7.89. The minimum atomic E-state index is -3.20. The molecule has 1 fully saturated rings. The summed E-state index contributed by atoms with van der Waals surface area (Å²) in [6.07, 6.45) is 1.22. The molecule has 0 aromatic carbocycles. The predicted molar refractivity (Wildman–Crippen MR) is 54.4 cm³/mol. The molecular formula is C8H18N2O3S. The molecule has 1 unspecified atom stereocenters. The number of nitrogens with two attached hydrogens (primary N) is 1. The van der Waals surface area contributed by atoms with Crippen LogP contribution in [0.25, 0.3) is 0 Å². The fourth-order valence-corrected chi connectivity index (χ4v) is 3.01. The Morgan fingerprint density at radius 2 is 2.29 bits per heavy atom. The highest BCUT2D eigenvalue weighted by Crippen LogP contribution is 2.18. The van der Waals surface area contributed by atoms with E-state index in [0.29, 0.717) is 26.2 Å². The van der Waals surface area contributed by atoms with Gasteiger partial charge in [-0.3, -0.25) is 0 Å². The molecule has 0 aromatic heterocycles. The van der Waals surface area contributed by atoms with Crippen LogP contribution in [0, 0.1) is 0 Å². The van der Waals surface area contributed by atoms with Crippen molar-refractivity contribution < 1.29 is 13.2 Å². The van der Waals surface area contributed by atoms with Crippen LogP contribution in [0.4, 0.5) is 0 Å². The zero-order valence-electron chi connectivity index (χ0n) is 8.45. The van der Waals surface area contributed by atoms with E-state index in [1.165, 1.54) is 0 Å². The second kappa shape index (κ2) is 4.57. The minimum Gasteiger partial charge on any atom is -0.379 e. The summed E-state index contributed by atoms with van der Waals surface area (Å²) in [4.78, 5) is 0. The van der Waals surface area contributed by atoms with Gasteiger partial charge in [-0.25, -0.2) is 13.1 Å². The Hall–Kier alpha value is -0.170. The SMILES string of the molecule is CC1(NS(=O)(=O)CCCN)CCOC1. The zero-order chi connectivity index (χ0) is 10.7. The summed E-state index contributed by atoms with van der Waals surface area (Å²) >= 11 is 0. The maximum absolute atomic E-state index is 11.5. The predicted octanol–water partition coefficient (Wildman–Crippen LogP) is -0.566. The first-order valence-corrected chi connectivity index (χ1v) is 6.42. The van der Waals surface area contributed by atoms with E-state index in [1.807, 2.05) is 6.92 Å². The highest BCUT2D eigenvalue weighted by Gasteiger charge is 2.33. The fourth-order valence-electron chi connectivity index (χ4n) is 1.45.